The lowest BCUT2D eigenvalue weighted by atomic mass is 9.98. The molecule has 5 heteroatoms. The van der Waals surface area contributed by atoms with Crippen molar-refractivity contribution in [2.24, 2.45) is 0 Å². The zero-order chi connectivity index (χ0) is 18.2. The molecule has 0 saturated heterocycles. The van der Waals surface area contributed by atoms with Crippen LogP contribution < -0.4 is 5.32 Å². The Balaban J connectivity index is 1.70. The molecule has 2 aromatic heterocycles. The number of benzene rings is 2. The smallest absolute Gasteiger partial charge is 0.177 e. The zero-order valence-electron chi connectivity index (χ0n) is 14.6. The number of nitrogens with zero attached hydrogens (tertiary/aromatic N) is 3. The van der Waals surface area contributed by atoms with Crippen LogP contribution in [0.2, 0.25) is 0 Å². The Morgan fingerprint density at radius 1 is 1.07 bits per heavy atom. The lowest BCUT2D eigenvalue weighted by Gasteiger charge is -2.11. The molecule has 2 N–H and O–H groups in total. The second kappa shape index (κ2) is 6.26. The first-order valence-corrected chi connectivity index (χ1v) is 9.00. The summed E-state index contributed by atoms with van der Waals surface area (Å²) in [6, 6.07) is 16.8. The number of hydrogen-bond donors (Lipinski definition) is 2. The van der Waals surface area contributed by atoms with E-state index in [2.05, 4.69) is 56.8 Å². The third-order valence-corrected chi connectivity index (χ3v) is 5.29. The van der Waals surface area contributed by atoms with Gasteiger partial charge < -0.3 is 10.3 Å². The molecule has 1 aliphatic carbocycles. The van der Waals surface area contributed by atoms with Gasteiger partial charge in [0.1, 0.15) is 12.0 Å². The summed E-state index contributed by atoms with van der Waals surface area (Å²) in [6.45, 7) is 0. The van der Waals surface area contributed by atoms with Gasteiger partial charge in [-0.2, -0.15) is 5.26 Å². The van der Waals surface area contributed by atoms with Crippen molar-refractivity contribution in [1.29, 1.82) is 5.26 Å². The molecule has 5 nitrogen and oxygen atoms in total. The highest BCUT2D eigenvalue weighted by Crippen LogP contribution is 2.38. The molecule has 0 radical (unpaired) electrons. The Hall–Kier alpha value is -3.65. The predicted octanol–water partition coefficient (Wildman–Crippen LogP) is 4.35. The van der Waals surface area contributed by atoms with E-state index >= 15 is 0 Å². The minimum atomic E-state index is 0.0853. The van der Waals surface area contributed by atoms with Crippen molar-refractivity contribution in [2.45, 2.75) is 18.9 Å². The molecule has 0 bridgehead atoms. The Labute approximate surface area is 156 Å². The molecule has 130 valence electrons. The number of aromatic nitrogens is 3. The fourth-order valence-corrected chi connectivity index (χ4v) is 4.00. The first kappa shape index (κ1) is 15.6. The maximum atomic E-state index is 9.03. The van der Waals surface area contributed by atoms with Crippen molar-refractivity contribution >= 4 is 11.0 Å². The molecule has 1 aliphatic rings. The molecule has 2 aromatic carbocycles. The van der Waals surface area contributed by atoms with Gasteiger partial charge >= 0.3 is 0 Å². The van der Waals surface area contributed by atoms with E-state index in [-0.39, 0.29) is 6.04 Å². The van der Waals surface area contributed by atoms with Crippen molar-refractivity contribution in [1.82, 2.24) is 20.3 Å². The van der Waals surface area contributed by atoms with Crippen molar-refractivity contribution in [3.8, 4) is 28.6 Å². The zero-order valence-corrected chi connectivity index (χ0v) is 14.6. The predicted molar refractivity (Wildman–Crippen MR) is 105 cm³/mol. The van der Waals surface area contributed by atoms with E-state index in [0.717, 1.165) is 46.3 Å². The Bertz CT molecular complexity index is 1170. The van der Waals surface area contributed by atoms with Crippen molar-refractivity contribution < 1.29 is 0 Å². The van der Waals surface area contributed by atoms with Crippen molar-refractivity contribution in [2.75, 3.05) is 0 Å². The summed E-state index contributed by atoms with van der Waals surface area (Å²) >= 11 is 0. The normalized spacial score (nSPS) is 15.4. The number of aryl methyl sites for hydroxylation is 1. The minimum Gasteiger partial charge on any atom is -0.345 e. The molecule has 2 heterocycles. The highest BCUT2D eigenvalue weighted by atomic mass is 14.9. The van der Waals surface area contributed by atoms with Gasteiger partial charge in [-0.25, -0.2) is 9.97 Å². The highest BCUT2D eigenvalue weighted by molar-refractivity contribution is 6.02. The van der Waals surface area contributed by atoms with Crippen molar-refractivity contribution in [3.63, 3.8) is 0 Å². The van der Waals surface area contributed by atoms with Gasteiger partial charge in [0.2, 0.25) is 0 Å². The van der Waals surface area contributed by atoms with Gasteiger partial charge in [0.05, 0.1) is 17.1 Å². The summed E-state index contributed by atoms with van der Waals surface area (Å²) in [5.41, 5.74) is 7.49. The molecule has 0 fully saturated rings. The first-order valence-electron chi connectivity index (χ1n) is 9.00. The summed E-state index contributed by atoms with van der Waals surface area (Å²) in [5, 5.41) is 13.0. The Morgan fingerprint density at radius 3 is 2.81 bits per heavy atom. The fraction of sp³-hybridized carbons (Fsp3) is 0.136. The van der Waals surface area contributed by atoms with Gasteiger partial charge in [-0.15, -0.1) is 0 Å². The summed E-state index contributed by atoms with van der Waals surface area (Å²) in [7, 11) is 0. The van der Waals surface area contributed by atoms with Crippen molar-refractivity contribution in [3.05, 3.63) is 72.2 Å². The number of fused-ring (bicyclic) bond motifs is 2. The van der Waals surface area contributed by atoms with Gasteiger partial charge in [0.15, 0.2) is 6.19 Å². The number of aromatic amines is 1. The van der Waals surface area contributed by atoms with E-state index in [1.165, 1.54) is 11.1 Å². The summed E-state index contributed by atoms with van der Waals surface area (Å²) in [5.74, 6) is 0. The molecule has 0 spiro atoms. The third kappa shape index (κ3) is 2.54. The van der Waals surface area contributed by atoms with Crippen LogP contribution in [-0.4, -0.2) is 15.0 Å². The monoisotopic (exact) mass is 351 g/mol. The fourth-order valence-electron chi connectivity index (χ4n) is 4.00. The van der Waals surface area contributed by atoms with E-state index in [1.807, 2.05) is 24.4 Å². The molecule has 0 unspecified atom stereocenters. The van der Waals surface area contributed by atoms with Crippen LogP contribution in [0.1, 0.15) is 23.6 Å². The number of nitriles is 1. The van der Waals surface area contributed by atoms with E-state index in [0.29, 0.717) is 0 Å². The van der Waals surface area contributed by atoms with E-state index < -0.39 is 0 Å². The average molecular weight is 351 g/mol. The van der Waals surface area contributed by atoms with Gasteiger partial charge in [-0.1, -0.05) is 42.5 Å². The minimum absolute atomic E-state index is 0.0853. The van der Waals surface area contributed by atoms with Crippen LogP contribution in [0.25, 0.3) is 33.4 Å². The molecule has 1 atom stereocenters. The maximum Gasteiger partial charge on any atom is 0.177 e. The first-order chi connectivity index (χ1) is 13.3. The number of hydrogen-bond acceptors (Lipinski definition) is 4. The molecule has 27 heavy (non-hydrogen) atoms. The van der Waals surface area contributed by atoms with Crippen LogP contribution in [0.3, 0.4) is 0 Å². The SMILES string of the molecule is N#CN[C@H]1CCc2ccc(-c3ncnc4[nH]cc(-c5ccccc5)c34)cc21. The average Bonchev–Trinajstić information content (AvgIpc) is 3.33. The summed E-state index contributed by atoms with van der Waals surface area (Å²) < 4.78 is 0. The standard InChI is InChI=1S/C22H17N5/c23-12-25-19-9-8-15-6-7-16(10-17(15)19)21-20-18(14-4-2-1-3-5-14)11-24-22(20)27-13-26-21/h1-7,10-11,13,19,25H,8-9H2,(H,24,26,27)/t19-/m0/s1. The quantitative estimate of drug-likeness (QED) is 0.425. The maximum absolute atomic E-state index is 9.03. The van der Waals surface area contributed by atoms with Gasteiger partial charge in [-0.3, -0.25) is 0 Å². The molecule has 0 amide bonds. The van der Waals surface area contributed by atoms with E-state index in [9.17, 15) is 0 Å². The molecule has 5 rings (SSSR count). The second-order valence-electron chi connectivity index (χ2n) is 6.78. The van der Waals surface area contributed by atoms with Crippen LogP contribution >= 0.6 is 0 Å². The van der Waals surface area contributed by atoms with Crippen LogP contribution in [0.4, 0.5) is 0 Å². The topological polar surface area (TPSA) is 77.4 Å². The van der Waals surface area contributed by atoms with Gasteiger partial charge in [0, 0.05) is 17.3 Å². The molecular formula is C22H17N5. The summed E-state index contributed by atoms with van der Waals surface area (Å²) in [6.07, 6.45) is 7.62. The molecule has 0 aliphatic heterocycles. The number of H-pyrrole nitrogens is 1. The van der Waals surface area contributed by atoms with Crippen LogP contribution in [-0.2, 0) is 6.42 Å². The second-order valence-corrected chi connectivity index (χ2v) is 6.78. The lowest BCUT2D eigenvalue weighted by Crippen LogP contribution is -2.12. The Morgan fingerprint density at radius 2 is 1.96 bits per heavy atom. The molecule has 4 aromatic rings. The largest absolute Gasteiger partial charge is 0.345 e. The third-order valence-electron chi connectivity index (χ3n) is 5.29. The van der Waals surface area contributed by atoms with Crippen LogP contribution in [0.5, 0.6) is 0 Å². The van der Waals surface area contributed by atoms with Gasteiger partial charge in [-0.05, 0) is 35.6 Å². The number of nitrogens with one attached hydrogen (secondary N) is 2. The highest BCUT2D eigenvalue weighted by Gasteiger charge is 2.23. The van der Waals surface area contributed by atoms with Gasteiger partial charge in [0.25, 0.3) is 0 Å². The molecular weight excluding hydrogens is 334 g/mol. The summed E-state index contributed by atoms with van der Waals surface area (Å²) in [4.78, 5) is 12.3. The Kier molecular flexibility index (Phi) is 3.61. The van der Waals surface area contributed by atoms with Crippen LogP contribution in [0.15, 0.2) is 61.1 Å². The van der Waals surface area contributed by atoms with Crippen LogP contribution in [0, 0.1) is 11.5 Å². The number of rotatable bonds is 3. The lowest BCUT2D eigenvalue weighted by molar-refractivity contribution is 0.625. The molecule has 0 saturated carbocycles. The van der Waals surface area contributed by atoms with E-state index in [1.54, 1.807) is 6.33 Å². The van der Waals surface area contributed by atoms with E-state index in [4.69, 9.17) is 5.26 Å².